The molecule has 3 rings (SSSR count). The van der Waals surface area contributed by atoms with Gasteiger partial charge in [0.15, 0.2) is 11.5 Å². The van der Waals surface area contributed by atoms with Crippen molar-refractivity contribution in [1.82, 2.24) is 9.62 Å². The largest absolute Gasteiger partial charge is 0.454 e. The number of amides is 1. The zero-order valence-electron chi connectivity index (χ0n) is 12.6. The third-order valence-electron chi connectivity index (χ3n) is 3.45. The first kappa shape index (κ1) is 15.3. The summed E-state index contributed by atoms with van der Waals surface area (Å²) in [4.78, 5) is 12.2. The fourth-order valence-electron chi connectivity index (χ4n) is 2.18. The zero-order valence-corrected chi connectivity index (χ0v) is 13.4. The van der Waals surface area contributed by atoms with Crippen LogP contribution in [-0.2, 0) is 21.5 Å². The second-order valence-electron chi connectivity index (χ2n) is 5.08. The summed E-state index contributed by atoms with van der Waals surface area (Å²) >= 11 is 0. The van der Waals surface area contributed by atoms with Gasteiger partial charge in [0.05, 0.1) is 11.3 Å². The molecule has 1 N–H and O–H groups in total. The van der Waals surface area contributed by atoms with Gasteiger partial charge in [-0.2, -0.15) is 8.42 Å². The lowest BCUT2D eigenvalue weighted by molar-refractivity contribution is -0.117. The number of carbonyl (C=O) groups excluding carboxylic acids is 1. The summed E-state index contributed by atoms with van der Waals surface area (Å²) in [5, 5.41) is 2.73. The number of ether oxygens (including phenoxy) is 2. The van der Waals surface area contributed by atoms with Crippen LogP contribution in [0, 0.1) is 0 Å². The summed E-state index contributed by atoms with van der Waals surface area (Å²) in [5.41, 5.74) is 1.21. The van der Waals surface area contributed by atoms with E-state index in [9.17, 15) is 13.2 Å². The van der Waals surface area contributed by atoms with Crippen LogP contribution in [-0.4, -0.2) is 38.2 Å². The molecule has 2 aliphatic heterocycles. The minimum absolute atomic E-state index is 0.159. The van der Waals surface area contributed by atoms with Gasteiger partial charge in [-0.15, -0.1) is 4.40 Å². The van der Waals surface area contributed by atoms with Crippen LogP contribution in [0.3, 0.4) is 0 Å². The topological polar surface area (TPSA) is 97.3 Å². The second-order valence-corrected chi connectivity index (χ2v) is 6.74. The standard InChI is InChI=1S/C14H15N3O5S/c1-9-11(7-17(2)23(19,20)16-9)14(18)15-6-10-3-4-12-13(5-10)22-8-21-12/h3-5,7H,6,8H2,1-2H3,(H,15,18). The van der Waals surface area contributed by atoms with Gasteiger partial charge in [0.1, 0.15) is 0 Å². The predicted molar refractivity (Wildman–Crippen MR) is 82.3 cm³/mol. The maximum atomic E-state index is 12.2. The van der Waals surface area contributed by atoms with Crippen molar-refractivity contribution in [3.05, 3.63) is 35.5 Å². The van der Waals surface area contributed by atoms with Crippen LogP contribution in [0.5, 0.6) is 11.5 Å². The minimum Gasteiger partial charge on any atom is -0.454 e. The number of fused-ring (bicyclic) bond motifs is 1. The van der Waals surface area contributed by atoms with E-state index in [-0.39, 0.29) is 24.6 Å². The Hall–Kier alpha value is -2.55. The molecule has 1 aromatic rings. The van der Waals surface area contributed by atoms with Crippen LogP contribution in [0.25, 0.3) is 0 Å². The van der Waals surface area contributed by atoms with E-state index < -0.39 is 16.1 Å². The Morgan fingerprint density at radius 2 is 2.09 bits per heavy atom. The van der Waals surface area contributed by atoms with E-state index in [1.807, 2.05) is 6.07 Å². The van der Waals surface area contributed by atoms with Gasteiger partial charge in [0, 0.05) is 19.8 Å². The lowest BCUT2D eigenvalue weighted by Gasteiger charge is -2.19. The molecule has 2 heterocycles. The fourth-order valence-corrected chi connectivity index (χ4v) is 2.99. The highest BCUT2D eigenvalue weighted by Crippen LogP contribution is 2.32. The average molecular weight is 337 g/mol. The molecule has 122 valence electrons. The molecule has 0 bridgehead atoms. The number of carbonyl (C=O) groups is 1. The highest BCUT2D eigenvalue weighted by atomic mass is 32.2. The smallest absolute Gasteiger partial charge is 0.344 e. The van der Waals surface area contributed by atoms with Crippen molar-refractivity contribution in [2.24, 2.45) is 4.40 Å². The molecule has 0 aromatic heterocycles. The van der Waals surface area contributed by atoms with E-state index in [1.54, 1.807) is 12.1 Å². The van der Waals surface area contributed by atoms with Crippen molar-refractivity contribution >= 4 is 21.8 Å². The van der Waals surface area contributed by atoms with Gasteiger partial charge in [-0.25, -0.2) is 0 Å². The minimum atomic E-state index is -3.72. The molecule has 0 unspecified atom stereocenters. The van der Waals surface area contributed by atoms with Gasteiger partial charge in [-0.1, -0.05) is 6.07 Å². The molecule has 0 spiro atoms. The molecule has 0 fully saturated rings. The number of benzene rings is 1. The second kappa shape index (κ2) is 5.58. The third kappa shape index (κ3) is 3.00. The van der Waals surface area contributed by atoms with Gasteiger partial charge in [-0.3, -0.25) is 9.10 Å². The molecule has 1 amide bonds. The summed E-state index contributed by atoms with van der Waals surface area (Å²) in [5.74, 6) is 0.910. The Morgan fingerprint density at radius 1 is 1.35 bits per heavy atom. The monoisotopic (exact) mass is 337 g/mol. The van der Waals surface area contributed by atoms with E-state index in [4.69, 9.17) is 9.47 Å². The molecule has 0 saturated heterocycles. The van der Waals surface area contributed by atoms with Crippen molar-refractivity contribution < 1.29 is 22.7 Å². The summed E-state index contributed by atoms with van der Waals surface area (Å²) in [6.07, 6.45) is 1.26. The molecule has 0 saturated carbocycles. The normalized spacial score (nSPS) is 18.3. The van der Waals surface area contributed by atoms with Crippen molar-refractivity contribution in [3.63, 3.8) is 0 Å². The molecule has 0 radical (unpaired) electrons. The van der Waals surface area contributed by atoms with E-state index in [1.165, 1.54) is 20.2 Å². The molecule has 8 nitrogen and oxygen atoms in total. The number of nitrogens with zero attached hydrogens (tertiary/aromatic N) is 2. The Balaban J connectivity index is 1.69. The van der Waals surface area contributed by atoms with Crippen molar-refractivity contribution in [3.8, 4) is 11.5 Å². The fraction of sp³-hybridized carbons (Fsp3) is 0.286. The van der Waals surface area contributed by atoms with Crippen LogP contribution < -0.4 is 14.8 Å². The van der Waals surface area contributed by atoms with E-state index in [2.05, 4.69) is 9.71 Å². The van der Waals surface area contributed by atoms with E-state index >= 15 is 0 Å². The first-order valence-corrected chi connectivity index (χ1v) is 8.20. The lowest BCUT2D eigenvalue weighted by Crippen LogP contribution is -2.33. The van der Waals surface area contributed by atoms with Crippen molar-refractivity contribution in [1.29, 1.82) is 0 Å². The van der Waals surface area contributed by atoms with Gasteiger partial charge in [-0.05, 0) is 24.6 Å². The van der Waals surface area contributed by atoms with Crippen LogP contribution in [0.15, 0.2) is 34.4 Å². The quantitative estimate of drug-likeness (QED) is 0.869. The number of rotatable bonds is 3. The predicted octanol–water partition coefficient (Wildman–Crippen LogP) is 0.567. The van der Waals surface area contributed by atoms with Gasteiger partial charge < -0.3 is 14.8 Å². The molecular weight excluding hydrogens is 322 g/mol. The molecule has 0 atom stereocenters. The lowest BCUT2D eigenvalue weighted by atomic mass is 10.1. The highest BCUT2D eigenvalue weighted by molar-refractivity contribution is 7.88. The number of nitrogens with one attached hydrogen (secondary N) is 1. The maximum Gasteiger partial charge on any atom is 0.344 e. The van der Waals surface area contributed by atoms with Crippen molar-refractivity contribution in [2.75, 3.05) is 13.8 Å². The third-order valence-corrected chi connectivity index (χ3v) is 4.79. The van der Waals surface area contributed by atoms with Crippen LogP contribution >= 0.6 is 0 Å². The first-order chi connectivity index (χ1) is 10.9. The van der Waals surface area contributed by atoms with Gasteiger partial charge >= 0.3 is 10.2 Å². The van der Waals surface area contributed by atoms with Crippen molar-refractivity contribution in [2.45, 2.75) is 13.5 Å². The SMILES string of the molecule is CC1=NS(=O)(=O)N(C)C=C1C(=O)NCc1ccc2c(c1)OCO2. The first-order valence-electron chi connectivity index (χ1n) is 6.80. The molecule has 9 heteroatoms. The van der Waals surface area contributed by atoms with Crippen LogP contribution in [0.2, 0.25) is 0 Å². The Bertz CT molecular complexity index is 829. The van der Waals surface area contributed by atoms with Gasteiger partial charge in [0.2, 0.25) is 6.79 Å². The molecule has 2 aliphatic rings. The Kier molecular flexibility index (Phi) is 3.72. The molecule has 1 aromatic carbocycles. The van der Waals surface area contributed by atoms with Crippen LogP contribution in [0.4, 0.5) is 0 Å². The molecular formula is C14H15N3O5S. The van der Waals surface area contributed by atoms with E-state index in [0.29, 0.717) is 11.5 Å². The van der Waals surface area contributed by atoms with Gasteiger partial charge in [0.25, 0.3) is 5.91 Å². The number of hydrogen-bond donors (Lipinski definition) is 1. The summed E-state index contributed by atoms with van der Waals surface area (Å²) in [6, 6.07) is 5.38. The zero-order chi connectivity index (χ0) is 16.6. The maximum absolute atomic E-state index is 12.2. The summed E-state index contributed by atoms with van der Waals surface area (Å²) < 4.78 is 38.1. The summed E-state index contributed by atoms with van der Waals surface area (Å²) in [6.45, 7) is 1.95. The molecule has 0 aliphatic carbocycles. The highest BCUT2D eigenvalue weighted by Gasteiger charge is 2.25. The van der Waals surface area contributed by atoms with Crippen LogP contribution in [0.1, 0.15) is 12.5 Å². The molecule has 23 heavy (non-hydrogen) atoms. The summed E-state index contributed by atoms with van der Waals surface area (Å²) in [7, 11) is -2.39. The Labute approximate surface area is 133 Å². The average Bonchev–Trinajstić information content (AvgIpc) is 2.95. The van der Waals surface area contributed by atoms with E-state index in [0.717, 1.165) is 9.87 Å². The number of hydrogen-bond acceptors (Lipinski definition) is 5. The Morgan fingerprint density at radius 3 is 2.87 bits per heavy atom.